The van der Waals surface area contributed by atoms with Gasteiger partial charge in [0, 0.05) is 5.56 Å². The molecule has 1 rings (SSSR count). The first-order chi connectivity index (χ1) is 10.1. The largest absolute Gasteiger partial charge is 0.469 e. The van der Waals surface area contributed by atoms with Crippen molar-refractivity contribution in [3.05, 3.63) is 28.8 Å². The topological polar surface area (TPSA) is 81.7 Å². The van der Waals surface area contributed by atoms with Crippen LogP contribution in [0.25, 0.3) is 0 Å². The summed E-state index contributed by atoms with van der Waals surface area (Å²) in [6.45, 7) is 5.18. The maximum Gasteiger partial charge on any atom is 0.412 e. The number of Topliss-reactive ketones (excluding diaryl/α,β-unsaturated/α-hetero) is 1. The molecule has 7 heteroatoms. The van der Waals surface area contributed by atoms with E-state index in [1.54, 1.807) is 20.8 Å². The van der Waals surface area contributed by atoms with Crippen molar-refractivity contribution < 1.29 is 23.9 Å². The maximum atomic E-state index is 11.9. The summed E-state index contributed by atoms with van der Waals surface area (Å²) in [4.78, 5) is 34.8. The molecule has 0 unspecified atom stereocenters. The number of carbonyl (C=O) groups is 3. The number of esters is 1. The predicted molar refractivity (Wildman–Crippen MR) is 82.3 cm³/mol. The van der Waals surface area contributed by atoms with Gasteiger partial charge in [0.1, 0.15) is 12.0 Å². The zero-order chi connectivity index (χ0) is 16.9. The highest BCUT2D eigenvalue weighted by Crippen LogP contribution is 2.24. The van der Waals surface area contributed by atoms with Crippen LogP contribution in [0.1, 0.15) is 37.6 Å². The normalized spacial score (nSPS) is 10.8. The van der Waals surface area contributed by atoms with Gasteiger partial charge in [0.05, 0.1) is 17.8 Å². The van der Waals surface area contributed by atoms with E-state index >= 15 is 0 Å². The quantitative estimate of drug-likeness (QED) is 0.520. The molecule has 0 aliphatic rings. The van der Waals surface area contributed by atoms with E-state index in [-0.39, 0.29) is 22.7 Å². The fourth-order valence-corrected chi connectivity index (χ4v) is 1.68. The lowest BCUT2D eigenvalue weighted by molar-refractivity contribution is -0.139. The van der Waals surface area contributed by atoms with Gasteiger partial charge in [0.2, 0.25) is 0 Å². The fraction of sp³-hybridized carbons (Fsp3) is 0.400. The van der Waals surface area contributed by atoms with Gasteiger partial charge in [-0.15, -0.1) is 0 Å². The SMILES string of the molecule is COC(=O)CC(=O)c1ccc(Cl)c(NC(=O)OC(C)(C)C)c1. The number of nitrogens with one attached hydrogen (secondary N) is 1. The Bertz CT molecular complexity index is 592. The molecule has 120 valence electrons. The van der Waals surface area contributed by atoms with Crippen molar-refractivity contribution >= 4 is 35.1 Å². The third kappa shape index (κ3) is 5.73. The molecule has 1 N–H and O–H groups in total. The Morgan fingerprint density at radius 2 is 1.86 bits per heavy atom. The van der Waals surface area contributed by atoms with Gasteiger partial charge in [-0.1, -0.05) is 11.6 Å². The standard InChI is InChI=1S/C15H18ClNO5/c1-15(2,3)22-14(20)17-11-7-9(5-6-10(11)16)12(18)8-13(19)21-4/h5-7H,8H2,1-4H3,(H,17,20). The van der Waals surface area contributed by atoms with Gasteiger partial charge in [-0.25, -0.2) is 4.79 Å². The summed E-state index contributed by atoms with van der Waals surface area (Å²) in [5, 5.41) is 2.72. The van der Waals surface area contributed by atoms with Gasteiger partial charge in [-0.2, -0.15) is 0 Å². The number of benzene rings is 1. The van der Waals surface area contributed by atoms with Crippen LogP contribution in [0.5, 0.6) is 0 Å². The summed E-state index contributed by atoms with van der Waals surface area (Å²) in [6, 6.07) is 4.31. The zero-order valence-corrected chi connectivity index (χ0v) is 13.6. The summed E-state index contributed by atoms with van der Waals surface area (Å²) in [5.74, 6) is -1.07. The molecule has 1 aromatic rings. The zero-order valence-electron chi connectivity index (χ0n) is 12.9. The van der Waals surface area contributed by atoms with Crippen LogP contribution >= 0.6 is 11.6 Å². The van der Waals surface area contributed by atoms with Crippen molar-refractivity contribution in [2.75, 3.05) is 12.4 Å². The van der Waals surface area contributed by atoms with Crippen LogP contribution in [-0.2, 0) is 14.3 Å². The van der Waals surface area contributed by atoms with E-state index < -0.39 is 23.4 Å². The fourth-order valence-electron chi connectivity index (χ4n) is 1.51. The average molecular weight is 328 g/mol. The van der Waals surface area contributed by atoms with Crippen LogP contribution in [0.4, 0.5) is 10.5 Å². The van der Waals surface area contributed by atoms with Gasteiger partial charge >= 0.3 is 12.1 Å². The predicted octanol–water partition coefficient (Wildman–Crippen LogP) is 3.43. The number of methoxy groups -OCH3 is 1. The lowest BCUT2D eigenvalue weighted by atomic mass is 10.1. The van der Waals surface area contributed by atoms with Gasteiger partial charge in [0.25, 0.3) is 0 Å². The molecule has 22 heavy (non-hydrogen) atoms. The summed E-state index contributed by atoms with van der Waals surface area (Å²) in [6.07, 6.45) is -1.07. The van der Waals surface area contributed by atoms with E-state index in [2.05, 4.69) is 10.1 Å². The number of amides is 1. The molecule has 0 heterocycles. The summed E-state index contributed by atoms with van der Waals surface area (Å²) >= 11 is 5.98. The molecule has 6 nitrogen and oxygen atoms in total. The van der Waals surface area contributed by atoms with Crippen LogP contribution in [-0.4, -0.2) is 30.6 Å². The smallest absolute Gasteiger partial charge is 0.412 e. The third-order valence-electron chi connectivity index (χ3n) is 2.46. The van der Waals surface area contributed by atoms with Crippen molar-refractivity contribution in [3.8, 4) is 0 Å². The molecule has 0 aromatic heterocycles. The molecular weight excluding hydrogens is 310 g/mol. The molecule has 0 saturated heterocycles. The number of halogens is 1. The van der Waals surface area contributed by atoms with Crippen molar-refractivity contribution in [1.29, 1.82) is 0 Å². The van der Waals surface area contributed by atoms with E-state index in [1.165, 1.54) is 25.3 Å². The van der Waals surface area contributed by atoms with Crippen molar-refractivity contribution in [2.24, 2.45) is 0 Å². The van der Waals surface area contributed by atoms with E-state index in [4.69, 9.17) is 16.3 Å². The first-order valence-electron chi connectivity index (χ1n) is 6.52. The van der Waals surface area contributed by atoms with Crippen LogP contribution in [0.15, 0.2) is 18.2 Å². The maximum absolute atomic E-state index is 11.9. The van der Waals surface area contributed by atoms with Crippen LogP contribution in [0.3, 0.4) is 0 Å². The Morgan fingerprint density at radius 3 is 2.41 bits per heavy atom. The lowest BCUT2D eigenvalue weighted by Crippen LogP contribution is -2.27. The minimum absolute atomic E-state index is 0.228. The molecule has 0 bridgehead atoms. The molecule has 0 radical (unpaired) electrons. The van der Waals surface area contributed by atoms with Crippen LogP contribution < -0.4 is 5.32 Å². The lowest BCUT2D eigenvalue weighted by Gasteiger charge is -2.20. The van der Waals surface area contributed by atoms with Crippen molar-refractivity contribution in [1.82, 2.24) is 0 Å². The van der Waals surface area contributed by atoms with E-state index in [0.29, 0.717) is 0 Å². The Hall–Kier alpha value is -2.08. The molecule has 0 fully saturated rings. The third-order valence-corrected chi connectivity index (χ3v) is 2.79. The number of hydrogen-bond acceptors (Lipinski definition) is 5. The Balaban J connectivity index is 2.88. The van der Waals surface area contributed by atoms with E-state index in [0.717, 1.165) is 0 Å². The molecule has 0 atom stereocenters. The Morgan fingerprint density at radius 1 is 1.23 bits per heavy atom. The average Bonchev–Trinajstić information content (AvgIpc) is 2.38. The highest BCUT2D eigenvalue weighted by Gasteiger charge is 2.18. The highest BCUT2D eigenvalue weighted by atomic mass is 35.5. The molecule has 0 saturated carbocycles. The van der Waals surface area contributed by atoms with Crippen molar-refractivity contribution in [3.63, 3.8) is 0 Å². The number of carbonyl (C=O) groups excluding carboxylic acids is 3. The van der Waals surface area contributed by atoms with Gasteiger partial charge < -0.3 is 9.47 Å². The van der Waals surface area contributed by atoms with Crippen LogP contribution in [0, 0.1) is 0 Å². The molecule has 0 aliphatic heterocycles. The van der Waals surface area contributed by atoms with E-state index in [1.807, 2.05) is 0 Å². The Kier molecular flexibility index (Phi) is 5.93. The monoisotopic (exact) mass is 327 g/mol. The molecule has 0 aliphatic carbocycles. The van der Waals surface area contributed by atoms with Crippen LogP contribution in [0.2, 0.25) is 5.02 Å². The van der Waals surface area contributed by atoms with E-state index in [9.17, 15) is 14.4 Å². The second-order valence-electron chi connectivity index (χ2n) is 5.50. The molecule has 1 amide bonds. The number of ether oxygens (including phenoxy) is 2. The second kappa shape index (κ2) is 7.26. The number of hydrogen-bond donors (Lipinski definition) is 1. The second-order valence-corrected chi connectivity index (χ2v) is 5.90. The highest BCUT2D eigenvalue weighted by molar-refractivity contribution is 6.33. The van der Waals surface area contributed by atoms with Gasteiger partial charge in [-0.05, 0) is 39.0 Å². The summed E-state index contributed by atoms with van der Waals surface area (Å²) in [7, 11) is 1.20. The van der Waals surface area contributed by atoms with Gasteiger partial charge in [-0.3, -0.25) is 14.9 Å². The molecular formula is C15H18ClNO5. The number of ketones is 1. The molecule has 1 aromatic carbocycles. The number of rotatable bonds is 4. The minimum atomic E-state index is -0.688. The number of anilines is 1. The first-order valence-corrected chi connectivity index (χ1v) is 6.90. The Labute approximate surface area is 133 Å². The summed E-state index contributed by atoms with van der Waals surface area (Å²) < 4.78 is 9.55. The molecule has 0 spiro atoms. The minimum Gasteiger partial charge on any atom is -0.469 e. The van der Waals surface area contributed by atoms with Gasteiger partial charge in [0.15, 0.2) is 5.78 Å². The van der Waals surface area contributed by atoms with Crippen molar-refractivity contribution in [2.45, 2.75) is 32.8 Å². The summed E-state index contributed by atoms with van der Waals surface area (Å²) in [5.41, 5.74) is -0.193. The first kappa shape index (κ1) is 18.0.